The van der Waals surface area contributed by atoms with Crippen molar-refractivity contribution < 1.29 is 9.59 Å². The normalized spacial score (nSPS) is 17.4. The summed E-state index contributed by atoms with van der Waals surface area (Å²) in [4.78, 5) is 29.7. The number of carbonyl (C=O) groups excluding carboxylic acids is 2. The fourth-order valence-electron chi connectivity index (χ4n) is 3.31. The molecule has 25 heavy (non-hydrogen) atoms. The van der Waals surface area contributed by atoms with Gasteiger partial charge in [-0.05, 0) is 49.6 Å². The lowest BCUT2D eigenvalue weighted by Gasteiger charge is -2.35. The number of rotatable bonds is 3. The van der Waals surface area contributed by atoms with Crippen molar-refractivity contribution in [3.63, 3.8) is 0 Å². The van der Waals surface area contributed by atoms with Crippen LogP contribution in [0.15, 0.2) is 23.1 Å². The van der Waals surface area contributed by atoms with E-state index in [9.17, 15) is 9.59 Å². The molecule has 2 aliphatic heterocycles. The van der Waals surface area contributed by atoms with Crippen molar-refractivity contribution in [3.05, 3.63) is 29.3 Å². The Hall–Kier alpha value is -1.69. The first-order valence-corrected chi connectivity index (χ1v) is 10.1. The van der Waals surface area contributed by atoms with E-state index in [1.807, 2.05) is 30.5 Å². The number of nitrogens with one attached hydrogen (secondary N) is 1. The van der Waals surface area contributed by atoms with Gasteiger partial charge in [-0.25, -0.2) is 4.79 Å². The molecule has 0 aromatic heterocycles. The highest BCUT2D eigenvalue weighted by atomic mass is 32.2. The van der Waals surface area contributed by atoms with E-state index in [-0.39, 0.29) is 18.0 Å². The Morgan fingerprint density at radius 2 is 1.88 bits per heavy atom. The maximum atomic E-state index is 12.6. The average molecular weight is 362 g/mol. The van der Waals surface area contributed by atoms with E-state index < -0.39 is 0 Å². The summed E-state index contributed by atoms with van der Waals surface area (Å²) in [5.41, 5.74) is 2.49. The largest absolute Gasteiger partial charge is 0.339 e. The molecule has 0 spiro atoms. The first-order valence-electron chi connectivity index (χ1n) is 9.11. The second-order valence-electron chi connectivity index (χ2n) is 7.04. The first kappa shape index (κ1) is 18.1. The van der Waals surface area contributed by atoms with Crippen LogP contribution in [-0.2, 0) is 17.6 Å². The van der Waals surface area contributed by atoms with E-state index in [2.05, 4.69) is 23.5 Å². The third-order valence-electron chi connectivity index (χ3n) is 4.66. The summed E-state index contributed by atoms with van der Waals surface area (Å²) in [5.74, 6) is 1.35. The second-order valence-corrected chi connectivity index (χ2v) is 8.18. The van der Waals surface area contributed by atoms with Gasteiger partial charge >= 0.3 is 6.03 Å². The number of carbonyl (C=O) groups is 2. The number of thioether (sulfide) groups is 1. The molecule has 136 valence electrons. The summed E-state index contributed by atoms with van der Waals surface area (Å²) < 4.78 is 0. The summed E-state index contributed by atoms with van der Waals surface area (Å²) in [6.07, 6.45) is 2.79. The lowest BCUT2D eigenvalue weighted by molar-refractivity contribution is -0.131. The molecule has 3 rings (SSSR count). The molecule has 3 amide bonds. The molecule has 0 atom stereocenters. The number of hydrogen-bond acceptors (Lipinski definition) is 3. The highest BCUT2D eigenvalue weighted by molar-refractivity contribution is 7.99. The SMILES string of the molecule is CC(C)NC(=O)N1CCN(C(=O)Cc2ccc3c(c2)CCCS3)CC1. The summed E-state index contributed by atoms with van der Waals surface area (Å²) in [7, 11) is 0. The number of amides is 3. The van der Waals surface area contributed by atoms with Crippen LogP contribution < -0.4 is 5.32 Å². The molecule has 0 aliphatic carbocycles. The molecular weight excluding hydrogens is 334 g/mol. The maximum Gasteiger partial charge on any atom is 0.317 e. The quantitative estimate of drug-likeness (QED) is 0.900. The third-order valence-corrected chi connectivity index (χ3v) is 5.86. The molecule has 2 heterocycles. The van der Waals surface area contributed by atoms with Gasteiger partial charge in [0.15, 0.2) is 0 Å². The smallest absolute Gasteiger partial charge is 0.317 e. The number of fused-ring (bicyclic) bond motifs is 1. The van der Waals surface area contributed by atoms with Gasteiger partial charge < -0.3 is 15.1 Å². The number of benzene rings is 1. The van der Waals surface area contributed by atoms with Crippen molar-refractivity contribution in [3.8, 4) is 0 Å². The van der Waals surface area contributed by atoms with Crippen molar-refractivity contribution in [2.75, 3.05) is 31.9 Å². The summed E-state index contributed by atoms with van der Waals surface area (Å²) in [6, 6.07) is 6.55. The van der Waals surface area contributed by atoms with Gasteiger partial charge in [0.05, 0.1) is 6.42 Å². The first-order chi connectivity index (χ1) is 12.0. The topological polar surface area (TPSA) is 52.7 Å². The molecule has 0 saturated carbocycles. The van der Waals surface area contributed by atoms with Gasteiger partial charge in [0.25, 0.3) is 0 Å². The summed E-state index contributed by atoms with van der Waals surface area (Å²) in [6.45, 7) is 6.34. The van der Waals surface area contributed by atoms with Crippen LogP contribution in [0.4, 0.5) is 4.79 Å². The van der Waals surface area contributed by atoms with E-state index in [1.54, 1.807) is 4.90 Å². The molecule has 6 heteroatoms. The van der Waals surface area contributed by atoms with Crippen LogP contribution >= 0.6 is 11.8 Å². The molecule has 1 aromatic rings. The summed E-state index contributed by atoms with van der Waals surface area (Å²) in [5, 5.41) is 2.91. The number of piperazine rings is 1. The highest BCUT2D eigenvalue weighted by Gasteiger charge is 2.24. The van der Waals surface area contributed by atoms with E-state index in [0.717, 1.165) is 12.0 Å². The Kier molecular flexibility index (Phi) is 5.89. The minimum absolute atomic E-state index is 0.0331. The maximum absolute atomic E-state index is 12.6. The van der Waals surface area contributed by atoms with Crippen molar-refractivity contribution >= 4 is 23.7 Å². The molecule has 1 aromatic carbocycles. The monoisotopic (exact) mass is 361 g/mol. The molecular formula is C19H27N3O2S. The van der Waals surface area contributed by atoms with Gasteiger partial charge in [-0.3, -0.25) is 4.79 Å². The van der Waals surface area contributed by atoms with E-state index in [1.165, 1.54) is 22.6 Å². The Labute approximate surface area is 154 Å². The van der Waals surface area contributed by atoms with Gasteiger partial charge in [0.1, 0.15) is 0 Å². The Balaban J connectivity index is 1.52. The standard InChI is InChI=1S/C19H27N3O2S/c1-14(2)20-19(24)22-9-7-21(8-10-22)18(23)13-15-5-6-17-16(12-15)4-3-11-25-17/h5-6,12,14H,3-4,7-11,13H2,1-2H3,(H,20,24). The van der Waals surface area contributed by atoms with Crippen LogP contribution in [0.3, 0.4) is 0 Å². The van der Waals surface area contributed by atoms with Gasteiger partial charge in [-0.2, -0.15) is 0 Å². The zero-order valence-electron chi connectivity index (χ0n) is 15.1. The van der Waals surface area contributed by atoms with Crippen LogP contribution in [0.1, 0.15) is 31.4 Å². The average Bonchev–Trinajstić information content (AvgIpc) is 2.61. The van der Waals surface area contributed by atoms with Crippen molar-refractivity contribution in [1.29, 1.82) is 0 Å². The molecule has 1 fully saturated rings. The van der Waals surface area contributed by atoms with Gasteiger partial charge in [0.2, 0.25) is 5.91 Å². The van der Waals surface area contributed by atoms with Crippen molar-refractivity contribution in [2.24, 2.45) is 0 Å². The van der Waals surface area contributed by atoms with Crippen LogP contribution in [0, 0.1) is 0 Å². The lowest BCUT2D eigenvalue weighted by atomic mass is 10.0. The zero-order valence-corrected chi connectivity index (χ0v) is 15.9. The summed E-state index contributed by atoms with van der Waals surface area (Å²) >= 11 is 1.91. The minimum Gasteiger partial charge on any atom is -0.339 e. The molecule has 0 unspecified atom stereocenters. The number of urea groups is 1. The molecule has 1 saturated heterocycles. The van der Waals surface area contributed by atoms with Crippen LogP contribution in [0.25, 0.3) is 0 Å². The molecule has 0 bridgehead atoms. The molecule has 5 nitrogen and oxygen atoms in total. The Morgan fingerprint density at radius 1 is 1.16 bits per heavy atom. The predicted octanol–water partition coefficient (Wildman–Crippen LogP) is 2.53. The van der Waals surface area contributed by atoms with Gasteiger partial charge in [-0.15, -0.1) is 11.8 Å². The molecule has 0 radical (unpaired) electrons. The second kappa shape index (κ2) is 8.13. The predicted molar refractivity (Wildman–Crippen MR) is 101 cm³/mol. The zero-order chi connectivity index (χ0) is 17.8. The van der Waals surface area contributed by atoms with E-state index in [4.69, 9.17) is 0 Å². The Bertz CT molecular complexity index is 640. The molecule has 2 aliphatic rings. The highest BCUT2D eigenvalue weighted by Crippen LogP contribution is 2.30. The van der Waals surface area contributed by atoms with E-state index >= 15 is 0 Å². The van der Waals surface area contributed by atoms with Crippen molar-refractivity contribution in [1.82, 2.24) is 15.1 Å². The van der Waals surface area contributed by atoms with Crippen molar-refractivity contribution in [2.45, 2.75) is 44.0 Å². The van der Waals surface area contributed by atoms with Crippen LogP contribution in [-0.4, -0.2) is 59.7 Å². The van der Waals surface area contributed by atoms with Gasteiger partial charge in [0, 0.05) is 37.1 Å². The number of nitrogens with zero attached hydrogens (tertiary/aromatic N) is 2. The minimum atomic E-state index is -0.0331. The fourth-order valence-corrected chi connectivity index (χ4v) is 4.33. The van der Waals surface area contributed by atoms with Crippen LogP contribution in [0.2, 0.25) is 0 Å². The van der Waals surface area contributed by atoms with Crippen LogP contribution in [0.5, 0.6) is 0 Å². The number of hydrogen-bond donors (Lipinski definition) is 1. The number of aryl methyl sites for hydroxylation is 1. The third kappa shape index (κ3) is 4.69. The molecule has 1 N–H and O–H groups in total. The lowest BCUT2D eigenvalue weighted by Crippen LogP contribution is -2.54. The Morgan fingerprint density at radius 3 is 2.60 bits per heavy atom. The van der Waals surface area contributed by atoms with Gasteiger partial charge in [-0.1, -0.05) is 12.1 Å². The fraction of sp³-hybridized carbons (Fsp3) is 0.579. The van der Waals surface area contributed by atoms with E-state index in [0.29, 0.717) is 32.6 Å².